The lowest BCUT2D eigenvalue weighted by Crippen LogP contribution is -2.46. The van der Waals surface area contributed by atoms with Gasteiger partial charge in [0.15, 0.2) is 0 Å². The molecule has 0 aromatic heterocycles. The van der Waals surface area contributed by atoms with Gasteiger partial charge < -0.3 is 24.8 Å². The normalized spacial score (nSPS) is 12.7. The Labute approximate surface area is 279 Å². The number of aliphatic hydroxyl groups is 1. The molecule has 0 heterocycles. The topological polar surface area (TPSA) is 105 Å². The number of aliphatic hydroxyl groups excluding tert-OH is 1. The Bertz CT molecular complexity index is 1370. The van der Waals surface area contributed by atoms with Gasteiger partial charge in [0.25, 0.3) is 0 Å². The molecule has 47 heavy (non-hydrogen) atoms. The summed E-state index contributed by atoms with van der Waals surface area (Å²) in [6.07, 6.45) is 5.40. The monoisotopic (exact) mass is 640 g/mol. The number of amides is 2. The van der Waals surface area contributed by atoms with Crippen LogP contribution in [0.4, 0.5) is 0 Å². The molecule has 3 rings (SSSR count). The van der Waals surface area contributed by atoms with Crippen LogP contribution in [0.2, 0.25) is 0 Å². The fourth-order valence-corrected chi connectivity index (χ4v) is 5.21. The summed E-state index contributed by atoms with van der Waals surface area (Å²) in [6, 6.07) is 28.3. The molecule has 2 N–H and O–H groups in total. The van der Waals surface area contributed by atoms with E-state index in [4.69, 9.17) is 9.47 Å². The smallest absolute Gasteiger partial charge is 0.309 e. The highest BCUT2D eigenvalue weighted by Crippen LogP contribution is 2.18. The zero-order valence-electron chi connectivity index (χ0n) is 27.2. The van der Waals surface area contributed by atoms with Crippen molar-refractivity contribution >= 4 is 17.8 Å². The van der Waals surface area contributed by atoms with Gasteiger partial charge in [-0.05, 0) is 42.4 Å². The standard InChI is InChI=1S/C39H48N2O6/c1-3-5-22-35(25-31-16-9-6-10-17-31)39(45)47-30-36(29-46-28-33-20-13-8-14-21-33)40-38(44)34(15-4-2)26-37(43)41(23-24-42)27-32-18-11-7-12-19-32/h3-4,6-14,16-21,34-36,42H,1-2,5,15,22-30H2,(H,40,44). The summed E-state index contributed by atoms with van der Waals surface area (Å²) in [5.74, 6) is -2.04. The molecule has 3 unspecified atom stereocenters. The Morgan fingerprint density at radius 2 is 1.43 bits per heavy atom. The Balaban J connectivity index is 1.69. The summed E-state index contributed by atoms with van der Waals surface area (Å²) in [7, 11) is 0. The average Bonchev–Trinajstić information content (AvgIpc) is 3.09. The first-order valence-electron chi connectivity index (χ1n) is 16.2. The predicted octanol–water partition coefficient (Wildman–Crippen LogP) is 5.66. The summed E-state index contributed by atoms with van der Waals surface area (Å²) in [6.45, 7) is 8.21. The van der Waals surface area contributed by atoms with Gasteiger partial charge in [0.2, 0.25) is 11.8 Å². The SMILES string of the molecule is C=CCCC(Cc1ccccc1)C(=O)OCC(COCc1ccccc1)NC(=O)C(CC=C)CC(=O)N(CCO)Cc1ccccc1. The molecule has 0 spiro atoms. The lowest BCUT2D eigenvalue weighted by atomic mass is 9.95. The number of carbonyl (C=O) groups excluding carboxylic acids is 3. The molecule has 8 nitrogen and oxygen atoms in total. The minimum atomic E-state index is -0.706. The molecule has 3 aromatic carbocycles. The zero-order chi connectivity index (χ0) is 33.7. The Hall–Kier alpha value is -4.53. The van der Waals surface area contributed by atoms with E-state index in [0.717, 1.165) is 16.7 Å². The number of nitrogens with zero attached hydrogens (tertiary/aromatic N) is 1. The van der Waals surface area contributed by atoms with Crippen LogP contribution in [0, 0.1) is 11.8 Å². The van der Waals surface area contributed by atoms with Gasteiger partial charge in [0.05, 0.1) is 37.7 Å². The Kier molecular flexibility index (Phi) is 16.7. The molecule has 0 fully saturated rings. The largest absolute Gasteiger partial charge is 0.463 e. The second-order valence-corrected chi connectivity index (χ2v) is 11.5. The highest BCUT2D eigenvalue weighted by molar-refractivity contribution is 5.86. The van der Waals surface area contributed by atoms with Crippen LogP contribution in [0.15, 0.2) is 116 Å². The quantitative estimate of drug-likeness (QED) is 0.109. The maximum Gasteiger partial charge on any atom is 0.309 e. The van der Waals surface area contributed by atoms with Crippen LogP contribution in [-0.4, -0.2) is 60.2 Å². The highest BCUT2D eigenvalue weighted by atomic mass is 16.5. The van der Waals surface area contributed by atoms with E-state index in [9.17, 15) is 19.5 Å². The van der Waals surface area contributed by atoms with Gasteiger partial charge in [-0.3, -0.25) is 14.4 Å². The maximum atomic E-state index is 13.6. The number of carbonyl (C=O) groups is 3. The van der Waals surface area contributed by atoms with E-state index in [1.165, 1.54) is 0 Å². The number of benzene rings is 3. The van der Waals surface area contributed by atoms with E-state index < -0.39 is 12.0 Å². The third-order valence-electron chi connectivity index (χ3n) is 7.76. The summed E-state index contributed by atoms with van der Waals surface area (Å²) in [5, 5.41) is 12.6. The van der Waals surface area contributed by atoms with Crippen molar-refractivity contribution in [2.75, 3.05) is 26.4 Å². The van der Waals surface area contributed by atoms with Crippen molar-refractivity contribution in [1.82, 2.24) is 10.2 Å². The molecule has 3 atom stereocenters. The number of hydrogen-bond donors (Lipinski definition) is 2. The van der Waals surface area contributed by atoms with Crippen LogP contribution in [-0.2, 0) is 43.4 Å². The molecule has 0 saturated heterocycles. The van der Waals surface area contributed by atoms with Gasteiger partial charge in [-0.1, -0.05) is 103 Å². The molecule has 250 valence electrons. The van der Waals surface area contributed by atoms with E-state index in [0.29, 0.717) is 32.4 Å². The summed E-state index contributed by atoms with van der Waals surface area (Å²) < 4.78 is 11.8. The fourth-order valence-electron chi connectivity index (χ4n) is 5.21. The molecule has 0 saturated carbocycles. The summed E-state index contributed by atoms with van der Waals surface area (Å²) in [5.41, 5.74) is 2.93. The molecule has 0 bridgehead atoms. The van der Waals surface area contributed by atoms with E-state index in [2.05, 4.69) is 18.5 Å². The number of rotatable bonds is 22. The second kappa shape index (κ2) is 21.3. The number of ether oxygens (including phenoxy) is 2. The summed E-state index contributed by atoms with van der Waals surface area (Å²) in [4.78, 5) is 41.9. The predicted molar refractivity (Wildman–Crippen MR) is 184 cm³/mol. The molecule has 0 radical (unpaired) electrons. The van der Waals surface area contributed by atoms with Crippen LogP contribution in [0.5, 0.6) is 0 Å². The van der Waals surface area contributed by atoms with E-state index in [-0.39, 0.29) is 62.9 Å². The molecule has 0 aliphatic rings. The third-order valence-corrected chi connectivity index (χ3v) is 7.76. The first-order valence-corrected chi connectivity index (χ1v) is 16.2. The first kappa shape index (κ1) is 36.9. The molecular weight excluding hydrogens is 592 g/mol. The molecule has 0 aliphatic carbocycles. The highest BCUT2D eigenvalue weighted by Gasteiger charge is 2.27. The minimum Gasteiger partial charge on any atom is -0.463 e. The zero-order valence-corrected chi connectivity index (χ0v) is 27.2. The lowest BCUT2D eigenvalue weighted by molar-refractivity contribution is -0.150. The van der Waals surface area contributed by atoms with Crippen molar-refractivity contribution in [3.8, 4) is 0 Å². The van der Waals surface area contributed by atoms with Crippen molar-refractivity contribution in [3.63, 3.8) is 0 Å². The van der Waals surface area contributed by atoms with Crippen molar-refractivity contribution in [1.29, 1.82) is 0 Å². The minimum absolute atomic E-state index is 0.0667. The van der Waals surface area contributed by atoms with Gasteiger partial charge >= 0.3 is 5.97 Å². The van der Waals surface area contributed by atoms with Crippen LogP contribution in [0.3, 0.4) is 0 Å². The van der Waals surface area contributed by atoms with Gasteiger partial charge in [-0.25, -0.2) is 0 Å². The van der Waals surface area contributed by atoms with Crippen LogP contribution >= 0.6 is 0 Å². The van der Waals surface area contributed by atoms with Crippen molar-refractivity contribution < 1.29 is 29.0 Å². The van der Waals surface area contributed by atoms with Gasteiger partial charge in [-0.2, -0.15) is 0 Å². The van der Waals surface area contributed by atoms with Crippen molar-refractivity contribution in [3.05, 3.63) is 133 Å². The maximum absolute atomic E-state index is 13.6. The number of allylic oxidation sites excluding steroid dienone is 2. The van der Waals surface area contributed by atoms with E-state index in [1.54, 1.807) is 17.1 Å². The fraction of sp³-hybridized carbons (Fsp3) is 0.359. The average molecular weight is 641 g/mol. The second-order valence-electron chi connectivity index (χ2n) is 11.5. The Morgan fingerprint density at radius 3 is 2.02 bits per heavy atom. The Morgan fingerprint density at radius 1 is 0.809 bits per heavy atom. The van der Waals surface area contributed by atoms with Gasteiger partial charge in [-0.15, -0.1) is 13.2 Å². The molecule has 3 aromatic rings. The first-order chi connectivity index (χ1) is 22.9. The van der Waals surface area contributed by atoms with Crippen molar-refractivity contribution in [2.45, 2.75) is 51.3 Å². The van der Waals surface area contributed by atoms with Crippen LogP contribution in [0.25, 0.3) is 0 Å². The number of nitrogens with one attached hydrogen (secondary N) is 1. The van der Waals surface area contributed by atoms with E-state index >= 15 is 0 Å². The van der Waals surface area contributed by atoms with Gasteiger partial charge in [0, 0.05) is 19.5 Å². The van der Waals surface area contributed by atoms with Gasteiger partial charge in [0.1, 0.15) is 6.61 Å². The lowest BCUT2D eigenvalue weighted by Gasteiger charge is -2.26. The van der Waals surface area contributed by atoms with Crippen LogP contribution in [0.1, 0.15) is 42.4 Å². The number of hydrogen-bond acceptors (Lipinski definition) is 6. The molecule has 8 heteroatoms. The summed E-state index contributed by atoms with van der Waals surface area (Å²) >= 11 is 0. The van der Waals surface area contributed by atoms with Crippen molar-refractivity contribution in [2.24, 2.45) is 11.8 Å². The van der Waals surface area contributed by atoms with Crippen LogP contribution < -0.4 is 5.32 Å². The third kappa shape index (κ3) is 13.8. The molecule has 0 aliphatic heterocycles. The molecule has 2 amide bonds. The van der Waals surface area contributed by atoms with E-state index in [1.807, 2.05) is 91.0 Å². The number of esters is 1. The molecular formula is C39H48N2O6.